The molecule has 1 atom stereocenters. The highest BCUT2D eigenvalue weighted by molar-refractivity contribution is 5.94. The van der Waals surface area contributed by atoms with Gasteiger partial charge in [0.2, 0.25) is 5.75 Å². The lowest BCUT2D eigenvalue weighted by atomic mass is 10.1. The van der Waals surface area contributed by atoms with Crippen LogP contribution < -0.4 is 14.2 Å². The van der Waals surface area contributed by atoms with Crippen LogP contribution in [0.5, 0.6) is 17.2 Å². The predicted molar refractivity (Wildman–Crippen MR) is 113 cm³/mol. The number of benzene rings is 2. The van der Waals surface area contributed by atoms with E-state index in [0.29, 0.717) is 30.4 Å². The Kier molecular flexibility index (Phi) is 7.30. The fourth-order valence-corrected chi connectivity index (χ4v) is 3.64. The van der Waals surface area contributed by atoms with Gasteiger partial charge in [0.25, 0.3) is 11.6 Å². The maximum atomic E-state index is 13.3. The topological polar surface area (TPSA) is 100 Å². The number of nitro groups is 1. The summed E-state index contributed by atoms with van der Waals surface area (Å²) in [4.78, 5) is 25.6. The van der Waals surface area contributed by atoms with Crippen LogP contribution in [0.15, 0.2) is 36.4 Å². The van der Waals surface area contributed by atoms with Gasteiger partial charge in [-0.1, -0.05) is 6.07 Å². The first-order valence-corrected chi connectivity index (χ1v) is 9.91. The molecule has 1 amide bonds. The second-order valence-electron chi connectivity index (χ2n) is 7.16. The molecule has 1 aliphatic heterocycles. The Bertz CT molecular complexity index is 916. The van der Waals surface area contributed by atoms with E-state index in [1.807, 2.05) is 0 Å². The first-order valence-electron chi connectivity index (χ1n) is 9.91. The second kappa shape index (κ2) is 10.1. The standard InChI is InChI=1S/C22H26N2O7/c1-28-19-10-15(11-20(29-2)21(19)30-3)13-23(14-18-8-5-9-31-18)22(25)16-6-4-7-17(12-16)24(26)27/h4,6-7,10-12,18H,5,8-9,13-14H2,1-3H3. The fourth-order valence-electron chi connectivity index (χ4n) is 3.64. The second-order valence-corrected chi connectivity index (χ2v) is 7.16. The summed E-state index contributed by atoms with van der Waals surface area (Å²) in [6.07, 6.45) is 1.71. The molecule has 0 aromatic heterocycles. The van der Waals surface area contributed by atoms with Crippen LogP contribution in [0.4, 0.5) is 5.69 Å². The molecule has 1 saturated heterocycles. The molecule has 3 rings (SSSR count). The van der Waals surface area contributed by atoms with Crippen LogP contribution in [0, 0.1) is 10.1 Å². The van der Waals surface area contributed by atoms with E-state index < -0.39 is 4.92 Å². The summed E-state index contributed by atoms with van der Waals surface area (Å²) >= 11 is 0. The van der Waals surface area contributed by atoms with Gasteiger partial charge in [0.15, 0.2) is 11.5 Å². The monoisotopic (exact) mass is 430 g/mol. The number of nitrogens with zero attached hydrogens (tertiary/aromatic N) is 2. The van der Waals surface area contributed by atoms with Gasteiger partial charge in [-0.3, -0.25) is 14.9 Å². The van der Waals surface area contributed by atoms with Crippen molar-refractivity contribution in [3.63, 3.8) is 0 Å². The predicted octanol–water partition coefficient (Wildman–Crippen LogP) is 3.44. The smallest absolute Gasteiger partial charge is 0.270 e. The van der Waals surface area contributed by atoms with E-state index in [1.54, 1.807) is 23.1 Å². The zero-order chi connectivity index (χ0) is 22.4. The number of hydrogen-bond donors (Lipinski definition) is 0. The zero-order valence-electron chi connectivity index (χ0n) is 17.8. The van der Waals surface area contributed by atoms with Crippen LogP contribution in [0.3, 0.4) is 0 Å². The van der Waals surface area contributed by atoms with Gasteiger partial charge in [0.1, 0.15) is 0 Å². The molecule has 0 aliphatic carbocycles. The van der Waals surface area contributed by atoms with Crippen molar-refractivity contribution in [2.45, 2.75) is 25.5 Å². The molecule has 2 aromatic rings. The SMILES string of the molecule is COc1cc(CN(CC2CCCO2)C(=O)c2cccc([N+](=O)[O-])c2)cc(OC)c1OC. The Labute approximate surface area is 180 Å². The summed E-state index contributed by atoms with van der Waals surface area (Å²) in [6.45, 7) is 1.28. The molecule has 0 saturated carbocycles. The lowest BCUT2D eigenvalue weighted by molar-refractivity contribution is -0.384. The fraction of sp³-hybridized carbons (Fsp3) is 0.409. The third kappa shape index (κ3) is 5.24. The summed E-state index contributed by atoms with van der Waals surface area (Å²) in [5.41, 5.74) is 0.890. The van der Waals surface area contributed by atoms with Gasteiger partial charge in [0.05, 0.1) is 32.4 Å². The molecule has 2 aromatic carbocycles. The lowest BCUT2D eigenvalue weighted by Crippen LogP contribution is -2.37. The third-order valence-electron chi connectivity index (χ3n) is 5.14. The first-order chi connectivity index (χ1) is 15.0. The van der Waals surface area contributed by atoms with Gasteiger partial charge < -0.3 is 23.8 Å². The van der Waals surface area contributed by atoms with Gasteiger partial charge in [-0.05, 0) is 36.6 Å². The highest BCUT2D eigenvalue weighted by Gasteiger charge is 2.25. The van der Waals surface area contributed by atoms with Crippen molar-refractivity contribution >= 4 is 11.6 Å². The van der Waals surface area contributed by atoms with Crippen molar-refractivity contribution in [3.8, 4) is 17.2 Å². The van der Waals surface area contributed by atoms with Gasteiger partial charge in [-0.2, -0.15) is 0 Å². The number of rotatable bonds is 9. The van der Waals surface area contributed by atoms with Crippen LogP contribution in [0.1, 0.15) is 28.8 Å². The summed E-state index contributed by atoms with van der Waals surface area (Å²) in [5, 5.41) is 11.1. The van der Waals surface area contributed by atoms with Gasteiger partial charge in [0, 0.05) is 37.4 Å². The molecule has 0 N–H and O–H groups in total. The van der Waals surface area contributed by atoms with Crippen molar-refractivity contribution in [2.75, 3.05) is 34.5 Å². The van der Waals surface area contributed by atoms with E-state index in [9.17, 15) is 14.9 Å². The molecule has 1 aliphatic rings. The number of amides is 1. The van der Waals surface area contributed by atoms with Gasteiger partial charge in [-0.25, -0.2) is 0 Å². The van der Waals surface area contributed by atoms with Crippen LogP contribution in [0.2, 0.25) is 0 Å². The average Bonchev–Trinajstić information content (AvgIpc) is 3.30. The van der Waals surface area contributed by atoms with Gasteiger partial charge >= 0.3 is 0 Å². The number of ether oxygens (including phenoxy) is 4. The minimum absolute atomic E-state index is 0.0790. The quantitative estimate of drug-likeness (QED) is 0.444. The summed E-state index contributed by atoms with van der Waals surface area (Å²) < 4.78 is 21.9. The molecule has 166 valence electrons. The highest BCUT2D eigenvalue weighted by atomic mass is 16.6. The van der Waals surface area contributed by atoms with E-state index in [4.69, 9.17) is 18.9 Å². The number of carbonyl (C=O) groups is 1. The van der Waals surface area contributed by atoms with Crippen LogP contribution in [-0.4, -0.2) is 56.3 Å². The number of methoxy groups -OCH3 is 3. The Morgan fingerprint density at radius 3 is 2.42 bits per heavy atom. The summed E-state index contributed by atoms with van der Waals surface area (Å²) in [5.74, 6) is 1.12. The number of nitro benzene ring substituents is 1. The molecule has 0 radical (unpaired) electrons. The minimum atomic E-state index is -0.513. The molecule has 1 heterocycles. The number of carbonyl (C=O) groups excluding carboxylic acids is 1. The molecule has 1 fully saturated rings. The Morgan fingerprint density at radius 1 is 1.16 bits per heavy atom. The van der Waals surface area contributed by atoms with Crippen molar-refractivity contribution in [1.82, 2.24) is 4.90 Å². The molecule has 9 nitrogen and oxygen atoms in total. The van der Waals surface area contributed by atoms with Crippen molar-refractivity contribution in [1.29, 1.82) is 0 Å². The van der Waals surface area contributed by atoms with E-state index in [0.717, 1.165) is 18.4 Å². The van der Waals surface area contributed by atoms with Crippen LogP contribution in [-0.2, 0) is 11.3 Å². The molecule has 1 unspecified atom stereocenters. The molecule has 9 heteroatoms. The maximum absolute atomic E-state index is 13.3. The normalized spacial score (nSPS) is 15.4. The molecular weight excluding hydrogens is 404 g/mol. The van der Waals surface area contributed by atoms with Crippen molar-refractivity contribution < 1.29 is 28.7 Å². The van der Waals surface area contributed by atoms with E-state index in [2.05, 4.69) is 0 Å². The summed E-state index contributed by atoms with van der Waals surface area (Å²) in [6, 6.07) is 9.30. The minimum Gasteiger partial charge on any atom is -0.493 e. The lowest BCUT2D eigenvalue weighted by Gasteiger charge is -2.26. The van der Waals surface area contributed by atoms with Crippen LogP contribution in [0.25, 0.3) is 0 Å². The summed E-state index contributed by atoms with van der Waals surface area (Å²) in [7, 11) is 4.58. The zero-order valence-corrected chi connectivity index (χ0v) is 17.8. The van der Waals surface area contributed by atoms with Crippen molar-refractivity contribution in [2.24, 2.45) is 0 Å². The average molecular weight is 430 g/mol. The van der Waals surface area contributed by atoms with E-state index in [1.165, 1.54) is 39.5 Å². The third-order valence-corrected chi connectivity index (χ3v) is 5.14. The van der Waals surface area contributed by atoms with Crippen LogP contribution >= 0.6 is 0 Å². The highest BCUT2D eigenvalue weighted by Crippen LogP contribution is 2.38. The maximum Gasteiger partial charge on any atom is 0.270 e. The largest absolute Gasteiger partial charge is 0.493 e. The van der Waals surface area contributed by atoms with E-state index >= 15 is 0 Å². The Hall–Kier alpha value is -3.33. The van der Waals surface area contributed by atoms with Crippen molar-refractivity contribution in [3.05, 3.63) is 57.6 Å². The first kappa shape index (κ1) is 22.4. The number of hydrogen-bond acceptors (Lipinski definition) is 7. The van der Waals surface area contributed by atoms with E-state index in [-0.39, 0.29) is 29.8 Å². The van der Waals surface area contributed by atoms with Gasteiger partial charge in [-0.15, -0.1) is 0 Å². The number of non-ortho nitro benzene ring substituents is 1. The molecular formula is C22H26N2O7. The Balaban J connectivity index is 1.93. The Morgan fingerprint density at radius 2 is 1.87 bits per heavy atom. The molecule has 0 bridgehead atoms. The molecule has 31 heavy (non-hydrogen) atoms. The molecule has 0 spiro atoms.